The molecule has 22 N–H and O–H groups in total. The van der Waals surface area contributed by atoms with E-state index in [2.05, 4.69) is 4.74 Å². The van der Waals surface area contributed by atoms with Gasteiger partial charge >= 0.3 is 12.3 Å². The van der Waals surface area contributed by atoms with Gasteiger partial charge in [0.1, 0.15) is 61.0 Å². The Kier molecular flexibility index (Phi) is 48.8. The lowest BCUT2D eigenvalue weighted by atomic mass is 10.2. The van der Waals surface area contributed by atoms with Gasteiger partial charge in [-0.1, -0.05) is 0 Å². The van der Waals surface area contributed by atoms with E-state index < -0.39 is 139 Å². The molecule has 0 aromatic carbocycles. The summed E-state index contributed by atoms with van der Waals surface area (Å²) in [5.41, 5.74) is 0. The van der Waals surface area contributed by atoms with Gasteiger partial charge in [-0.25, -0.2) is 9.59 Å². The summed E-state index contributed by atoms with van der Waals surface area (Å²) in [4.78, 5) is 18.4. The van der Waals surface area contributed by atoms with Gasteiger partial charge < -0.3 is 117 Å². The number of rotatable bonds is 15. The molecule has 0 saturated heterocycles. The van der Waals surface area contributed by atoms with Crippen molar-refractivity contribution in [1.29, 1.82) is 0 Å². The molecule has 0 heterocycles. The highest BCUT2D eigenvalue weighted by Gasteiger charge is 2.14. The molecule has 0 aromatic heterocycles. The van der Waals surface area contributed by atoms with Crippen LogP contribution in [0.2, 0.25) is 0 Å². The molecule has 0 radical (unpaired) electrons. The molecule has 0 aliphatic rings. The Morgan fingerprint density at radius 2 is 0.383 bits per heavy atom. The predicted molar refractivity (Wildman–Crippen MR) is 148 cm³/mol. The third-order valence-corrected chi connectivity index (χ3v) is 4.27. The smallest absolute Gasteiger partial charge is 0.449 e. The van der Waals surface area contributed by atoms with E-state index in [1.165, 1.54) is 0 Å². The van der Waals surface area contributed by atoms with Crippen molar-refractivity contribution >= 4 is 12.3 Å². The second kappa shape index (κ2) is 40.1. The van der Waals surface area contributed by atoms with E-state index in [1.807, 2.05) is 0 Å². The zero-order valence-corrected chi connectivity index (χ0v) is 24.9. The van der Waals surface area contributed by atoms with E-state index in [0.29, 0.717) is 0 Å². The second-order valence-electron chi connectivity index (χ2n) is 8.13. The topological polar surface area (TPSA) is 488 Å². The van der Waals surface area contributed by atoms with Crippen LogP contribution in [0.1, 0.15) is 0 Å². The molecule has 0 fully saturated rings. The van der Waals surface area contributed by atoms with Gasteiger partial charge in [0.2, 0.25) is 0 Å². The number of aliphatic hydroxyl groups is 20. The van der Waals surface area contributed by atoms with Gasteiger partial charge in [-0.2, -0.15) is 0 Å². The maximum absolute atomic E-state index is 9.21. The molecule has 0 aliphatic carbocycles. The minimum atomic E-state index is -1.81. The number of ether oxygens (including phenoxy) is 1. The average molecular weight is 717 g/mol. The molecule has 290 valence electrons. The van der Waals surface area contributed by atoms with E-state index in [9.17, 15) is 9.59 Å². The quantitative estimate of drug-likeness (QED) is 0.0552. The van der Waals surface area contributed by atoms with Crippen molar-refractivity contribution < 1.29 is 127 Å². The highest BCUT2D eigenvalue weighted by Crippen LogP contribution is 1.91. The van der Waals surface area contributed by atoms with E-state index >= 15 is 0 Å². The highest BCUT2D eigenvalue weighted by atomic mass is 16.7. The summed E-state index contributed by atoms with van der Waals surface area (Å²) in [6.45, 7) is -5.26. The molecule has 0 saturated carbocycles. The first-order chi connectivity index (χ1) is 21.7. The van der Waals surface area contributed by atoms with Crippen molar-refractivity contribution in [3.63, 3.8) is 0 Å². The Morgan fingerprint density at radius 1 is 0.298 bits per heavy atom. The fourth-order valence-corrected chi connectivity index (χ4v) is 1.29. The monoisotopic (exact) mass is 716 g/mol. The largest absolute Gasteiger partial charge is 0.516 e. The van der Waals surface area contributed by atoms with E-state index in [-0.39, 0.29) is 0 Å². The molecule has 0 aliphatic heterocycles. The SMILES string of the molecule is O=C(O)OC(=O)O.OC[C@@H](O)[C@@H](O)CO.OC[C@@H](O)[C@@H](O)CO.OC[C@@H](O)[C@@H](O)CO.OC[C@@H](O)[C@@H](O)CO.OC[C@@H](O)[C@@H](O)CO. The summed E-state index contributed by atoms with van der Waals surface area (Å²) in [5, 5.41) is 181. The number of carbonyl (C=O) groups is 2. The van der Waals surface area contributed by atoms with Crippen LogP contribution in [0, 0.1) is 0 Å². The lowest BCUT2D eigenvalue weighted by Crippen LogP contribution is -2.31. The molecule has 0 unspecified atom stereocenters. The summed E-state index contributed by atoms with van der Waals surface area (Å²) in [6.07, 6.45) is -15.8. The summed E-state index contributed by atoms with van der Waals surface area (Å²) < 4.78 is 3.08. The number of carboxylic acid groups (broad SMARTS) is 2. The summed E-state index contributed by atoms with van der Waals surface area (Å²) in [5.74, 6) is 0. The lowest BCUT2D eigenvalue weighted by molar-refractivity contribution is -0.0388. The fourth-order valence-electron chi connectivity index (χ4n) is 1.29. The Bertz CT molecular complexity index is 501. The summed E-state index contributed by atoms with van der Waals surface area (Å²) in [6, 6.07) is 0. The third-order valence-electron chi connectivity index (χ3n) is 4.27. The van der Waals surface area contributed by atoms with Gasteiger partial charge in [0.05, 0.1) is 66.1 Å². The Labute approximate surface area is 266 Å². The number of hydrogen-bond donors (Lipinski definition) is 22. The Hall–Kier alpha value is -2.06. The van der Waals surface area contributed by atoms with E-state index in [4.69, 9.17) is 112 Å². The fraction of sp³-hybridized carbons (Fsp3) is 0.909. The zero-order valence-electron chi connectivity index (χ0n) is 24.9. The van der Waals surface area contributed by atoms with Crippen LogP contribution in [0.3, 0.4) is 0 Å². The minimum absolute atomic E-state index is 0.526. The van der Waals surface area contributed by atoms with E-state index in [0.717, 1.165) is 0 Å². The standard InChI is InChI=1S/5C4H10O4.C2H2O5/c5*5-1-3(7)4(8)2-6;3-1(4)7-2(5)6/h5*3-8H,1-2H2;(H,3,4)(H,5,6)/t5*3-,4+;. The summed E-state index contributed by atoms with van der Waals surface area (Å²) >= 11 is 0. The molecule has 47 heavy (non-hydrogen) atoms. The molecular formula is C22H52O25. The maximum Gasteiger partial charge on any atom is 0.516 e. The lowest BCUT2D eigenvalue weighted by Gasteiger charge is -2.10. The van der Waals surface area contributed by atoms with Gasteiger partial charge in [-0.05, 0) is 0 Å². The zero-order chi connectivity index (χ0) is 38.7. The van der Waals surface area contributed by atoms with E-state index in [1.54, 1.807) is 0 Å². The van der Waals surface area contributed by atoms with Crippen LogP contribution in [0.5, 0.6) is 0 Å². The van der Waals surface area contributed by atoms with Crippen LogP contribution in [0.4, 0.5) is 9.59 Å². The third kappa shape index (κ3) is 43.9. The van der Waals surface area contributed by atoms with Crippen LogP contribution in [-0.2, 0) is 4.74 Å². The van der Waals surface area contributed by atoms with Gasteiger partial charge in [-0.15, -0.1) is 0 Å². The van der Waals surface area contributed by atoms with Crippen molar-refractivity contribution in [2.45, 2.75) is 61.0 Å². The van der Waals surface area contributed by atoms with Crippen molar-refractivity contribution in [3.05, 3.63) is 0 Å². The Morgan fingerprint density at radius 3 is 0.404 bits per heavy atom. The predicted octanol–water partition coefficient (Wildman–Crippen LogP) is -11.2. The van der Waals surface area contributed by atoms with Crippen molar-refractivity contribution in [2.24, 2.45) is 0 Å². The molecule has 0 aromatic rings. The average Bonchev–Trinajstić information content (AvgIpc) is 3.08. The van der Waals surface area contributed by atoms with Crippen molar-refractivity contribution in [1.82, 2.24) is 0 Å². The first-order valence-corrected chi connectivity index (χ1v) is 12.8. The van der Waals surface area contributed by atoms with Crippen molar-refractivity contribution in [3.8, 4) is 0 Å². The number of aliphatic hydroxyl groups excluding tert-OH is 20. The van der Waals surface area contributed by atoms with Crippen LogP contribution in [0.15, 0.2) is 0 Å². The molecular weight excluding hydrogens is 664 g/mol. The molecule has 0 rings (SSSR count). The first kappa shape index (κ1) is 57.2. The molecule has 25 nitrogen and oxygen atoms in total. The maximum atomic E-state index is 9.21. The second-order valence-corrected chi connectivity index (χ2v) is 8.13. The van der Waals surface area contributed by atoms with Gasteiger partial charge in [0.25, 0.3) is 0 Å². The molecule has 0 bridgehead atoms. The Balaban J connectivity index is -0.000000107. The normalized spacial score (nSPS) is 16.4. The molecule has 10 atom stereocenters. The van der Waals surface area contributed by atoms with Gasteiger partial charge in [0.15, 0.2) is 0 Å². The van der Waals surface area contributed by atoms with Crippen LogP contribution in [0.25, 0.3) is 0 Å². The van der Waals surface area contributed by atoms with Gasteiger partial charge in [-0.3, -0.25) is 0 Å². The van der Waals surface area contributed by atoms with Crippen molar-refractivity contribution in [2.75, 3.05) is 66.1 Å². The summed E-state index contributed by atoms with van der Waals surface area (Å²) in [7, 11) is 0. The van der Waals surface area contributed by atoms with Crippen LogP contribution < -0.4 is 0 Å². The molecule has 25 heteroatoms. The van der Waals surface area contributed by atoms with Gasteiger partial charge in [0, 0.05) is 0 Å². The molecule has 0 amide bonds. The number of hydrogen-bond acceptors (Lipinski definition) is 23. The highest BCUT2D eigenvalue weighted by molar-refractivity contribution is 5.74. The first-order valence-electron chi connectivity index (χ1n) is 12.8. The molecule has 0 spiro atoms. The minimum Gasteiger partial charge on any atom is -0.449 e. The van der Waals surface area contributed by atoms with Crippen LogP contribution in [-0.4, -0.2) is 252 Å². The van der Waals surface area contributed by atoms with Crippen LogP contribution >= 0.6 is 0 Å².